The van der Waals surface area contributed by atoms with Gasteiger partial charge in [-0.25, -0.2) is 0 Å². The Bertz CT molecular complexity index is 327. The monoisotopic (exact) mass is 264 g/mol. The Balaban J connectivity index is 2.23. The summed E-state index contributed by atoms with van der Waals surface area (Å²) in [7, 11) is 3.91. The second-order valence-corrected chi connectivity index (χ2v) is 5.37. The van der Waals surface area contributed by atoms with Crippen LogP contribution in [0.4, 0.5) is 5.69 Å². The zero-order chi connectivity index (χ0) is 14.1. The molecule has 0 spiro atoms. The Morgan fingerprint density at radius 2 is 1.89 bits per heavy atom. The molecule has 1 rings (SSSR count). The van der Waals surface area contributed by atoms with E-state index in [0.717, 1.165) is 26.1 Å². The summed E-state index contributed by atoms with van der Waals surface area (Å²) in [5, 5.41) is 3.58. The van der Waals surface area contributed by atoms with Gasteiger partial charge in [-0.2, -0.15) is 0 Å². The third-order valence-electron chi connectivity index (χ3n) is 3.42. The molecule has 1 aromatic carbocycles. The molecular weight excluding hydrogens is 236 g/mol. The van der Waals surface area contributed by atoms with Crippen molar-refractivity contribution in [2.24, 2.45) is 5.92 Å². The molecule has 0 aliphatic rings. The predicted molar refractivity (Wildman–Crippen MR) is 82.8 cm³/mol. The highest BCUT2D eigenvalue weighted by atomic mass is 16.5. The molecule has 0 bridgehead atoms. The van der Waals surface area contributed by atoms with Gasteiger partial charge in [-0.15, -0.1) is 0 Å². The van der Waals surface area contributed by atoms with Crippen LogP contribution in [0.5, 0.6) is 0 Å². The van der Waals surface area contributed by atoms with E-state index in [1.807, 2.05) is 0 Å². The van der Waals surface area contributed by atoms with Gasteiger partial charge < -0.3 is 15.0 Å². The number of benzene rings is 1. The van der Waals surface area contributed by atoms with Crippen LogP contribution in [0.1, 0.15) is 20.3 Å². The van der Waals surface area contributed by atoms with Crippen molar-refractivity contribution in [3.8, 4) is 0 Å². The van der Waals surface area contributed by atoms with Gasteiger partial charge in [0.05, 0.1) is 6.61 Å². The van der Waals surface area contributed by atoms with Gasteiger partial charge in [-0.1, -0.05) is 32.0 Å². The molecule has 0 saturated heterocycles. The fourth-order valence-corrected chi connectivity index (χ4v) is 2.08. The van der Waals surface area contributed by atoms with E-state index < -0.39 is 0 Å². The van der Waals surface area contributed by atoms with Crippen LogP contribution < -0.4 is 10.2 Å². The van der Waals surface area contributed by atoms with Gasteiger partial charge in [-0.05, 0) is 31.0 Å². The molecule has 1 aromatic rings. The first-order valence-corrected chi connectivity index (χ1v) is 7.13. The Kier molecular flexibility index (Phi) is 7.53. The Hall–Kier alpha value is -1.06. The van der Waals surface area contributed by atoms with Crippen molar-refractivity contribution in [3.63, 3.8) is 0 Å². The predicted octanol–water partition coefficient (Wildman–Crippen LogP) is 2.77. The third kappa shape index (κ3) is 6.08. The topological polar surface area (TPSA) is 24.5 Å². The maximum atomic E-state index is 5.24. The highest BCUT2D eigenvalue weighted by Gasteiger charge is 2.11. The van der Waals surface area contributed by atoms with Crippen LogP contribution >= 0.6 is 0 Å². The molecule has 1 unspecified atom stereocenters. The van der Waals surface area contributed by atoms with Crippen LogP contribution in [-0.4, -0.2) is 39.9 Å². The molecule has 108 valence electrons. The second kappa shape index (κ2) is 8.94. The molecule has 0 aliphatic carbocycles. The van der Waals surface area contributed by atoms with Crippen LogP contribution in [0.25, 0.3) is 0 Å². The quantitative estimate of drug-likeness (QED) is 0.694. The molecule has 0 saturated carbocycles. The van der Waals surface area contributed by atoms with Crippen molar-refractivity contribution >= 4 is 5.69 Å². The maximum absolute atomic E-state index is 5.24. The molecule has 3 nitrogen and oxygen atoms in total. The normalized spacial score (nSPS) is 12.7. The average molecular weight is 264 g/mol. The molecule has 0 amide bonds. The van der Waals surface area contributed by atoms with E-state index >= 15 is 0 Å². The van der Waals surface area contributed by atoms with Gasteiger partial charge in [0.2, 0.25) is 0 Å². The standard InChI is InChI=1S/C16H28N2O/c1-14(2)16(13-19-4)17-11-8-12-18(3)15-9-6-5-7-10-15/h5-7,9-10,14,16-17H,8,11-13H2,1-4H3. The second-order valence-electron chi connectivity index (χ2n) is 5.37. The van der Waals surface area contributed by atoms with Gasteiger partial charge in [0.1, 0.15) is 0 Å². The van der Waals surface area contributed by atoms with Crippen molar-refractivity contribution in [2.45, 2.75) is 26.3 Å². The molecule has 0 fully saturated rings. The van der Waals surface area contributed by atoms with E-state index in [1.54, 1.807) is 7.11 Å². The number of nitrogens with zero attached hydrogens (tertiary/aromatic N) is 1. The first-order valence-electron chi connectivity index (χ1n) is 7.13. The minimum Gasteiger partial charge on any atom is -0.383 e. The van der Waals surface area contributed by atoms with E-state index in [0.29, 0.717) is 12.0 Å². The number of nitrogens with one attached hydrogen (secondary N) is 1. The minimum absolute atomic E-state index is 0.451. The largest absolute Gasteiger partial charge is 0.383 e. The molecule has 19 heavy (non-hydrogen) atoms. The SMILES string of the molecule is COCC(NCCCN(C)c1ccccc1)C(C)C. The maximum Gasteiger partial charge on any atom is 0.0618 e. The fraction of sp³-hybridized carbons (Fsp3) is 0.625. The van der Waals surface area contributed by atoms with E-state index in [-0.39, 0.29) is 0 Å². The van der Waals surface area contributed by atoms with Crippen molar-refractivity contribution in [3.05, 3.63) is 30.3 Å². The summed E-state index contributed by atoms with van der Waals surface area (Å²) < 4.78 is 5.24. The van der Waals surface area contributed by atoms with E-state index in [4.69, 9.17) is 4.74 Å². The van der Waals surface area contributed by atoms with Gasteiger partial charge in [0.25, 0.3) is 0 Å². The molecule has 1 atom stereocenters. The number of ether oxygens (including phenoxy) is 1. The highest BCUT2D eigenvalue weighted by Crippen LogP contribution is 2.10. The Morgan fingerprint density at radius 1 is 1.21 bits per heavy atom. The van der Waals surface area contributed by atoms with Crippen molar-refractivity contribution in [1.29, 1.82) is 0 Å². The number of anilines is 1. The molecule has 1 N–H and O–H groups in total. The summed E-state index contributed by atoms with van der Waals surface area (Å²) in [4.78, 5) is 2.29. The van der Waals surface area contributed by atoms with E-state index in [2.05, 4.69) is 61.4 Å². The number of hydrogen-bond donors (Lipinski definition) is 1. The van der Waals surface area contributed by atoms with Crippen molar-refractivity contribution in [1.82, 2.24) is 5.32 Å². The summed E-state index contributed by atoms with van der Waals surface area (Å²) in [6.45, 7) is 7.34. The smallest absolute Gasteiger partial charge is 0.0618 e. The summed E-state index contributed by atoms with van der Waals surface area (Å²) in [6.07, 6.45) is 1.14. The van der Waals surface area contributed by atoms with Crippen LogP contribution in [0, 0.1) is 5.92 Å². The van der Waals surface area contributed by atoms with Gasteiger partial charge in [-0.3, -0.25) is 0 Å². The number of para-hydroxylation sites is 1. The first kappa shape index (κ1) is 16.0. The van der Waals surface area contributed by atoms with Gasteiger partial charge >= 0.3 is 0 Å². The van der Waals surface area contributed by atoms with Gasteiger partial charge in [0, 0.05) is 32.4 Å². The van der Waals surface area contributed by atoms with Crippen LogP contribution in [0.15, 0.2) is 30.3 Å². The number of hydrogen-bond acceptors (Lipinski definition) is 3. The molecule has 0 aliphatic heterocycles. The Morgan fingerprint density at radius 3 is 2.47 bits per heavy atom. The molecule has 0 heterocycles. The lowest BCUT2D eigenvalue weighted by atomic mass is 10.1. The highest BCUT2D eigenvalue weighted by molar-refractivity contribution is 5.44. The van der Waals surface area contributed by atoms with Gasteiger partial charge in [0.15, 0.2) is 0 Å². The van der Waals surface area contributed by atoms with E-state index in [1.165, 1.54) is 5.69 Å². The number of methoxy groups -OCH3 is 1. The zero-order valence-corrected chi connectivity index (χ0v) is 12.7. The lowest BCUT2D eigenvalue weighted by Crippen LogP contribution is -2.39. The van der Waals surface area contributed by atoms with Crippen molar-refractivity contribution < 1.29 is 4.74 Å². The van der Waals surface area contributed by atoms with Crippen molar-refractivity contribution in [2.75, 3.05) is 38.8 Å². The Labute approximate surface area is 118 Å². The average Bonchev–Trinajstić information content (AvgIpc) is 2.42. The number of rotatable bonds is 9. The minimum atomic E-state index is 0.451. The third-order valence-corrected chi connectivity index (χ3v) is 3.42. The molecule has 0 radical (unpaired) electrons. The molecular formula is C16H28N2O. The van der Waals surface area contributed by atoms with Crippen LogP contribution in [-0.2, 0) is 4.74 Å². The summed E-state index contributed by atoms with van der Waals surface area (Å²) in [5.74, 6) is 0.604. The summed E-state index contributed by atoms with van der Waals surface area (Å²) in [5.41, 5.74) is 1.28. The summed E-state index contributed by atoms with van der Waals surface area (Å²) in [6, 6.07) is 11.0. The van der Waals surface area contributed by atoms with Crippen LogP contribution in [0.3, 0.4) is 0 Å². The lowest BCUT2D eigenvalue weighted by molar-refractivity contribution is 0.147. The zero-order valence-electron chi connectivity index (χ0n) is 12.7. The molecule has 3 heteroatoms. The fourth-order valence-electron chi connectivity index (χ4n) is 2.08. The molecule has 0 aromatic heterocycles. The van der Waals surface area contributed by atoms with E-state index in [9.17, 15) is 0 Å². The lowest BCUT2D eigenvalue weighted by Gasteiger charge is -2.23. The van der Waals surface area contributed by atoms with Crippen LogP contribution in [0.2, 0.25) is 0 Å². The first-order chi connectivity index (χ1) is 9.15. The summed E-state index contributed by atoms with van der Waals surface area (Å²) >= 11 is 0.